The fourth-order valence-electron chi connectivity index (χ4n) is 2.08. The molecule has 0 saturated carbocycles. The number of hydrogen-bond acceptors (Lipinski definition) is 1. The minimum atomic E-state index is -1.05. The molecule has 0 aliphatic heterocycles. The molecule has 20 heavy (non-hydrogen) atoms. The lowest BCUT2D eigenvalue weighted by Crippen LogP contribution is -2.22. The van der Waals surface area contributed by atoms with Crippen LogP contribution in [0.2, 0.25) is 30.7 Å². The number of ether oxygens (including phenoxy) is 1. The molecule has 0 N–H and O–H groups in total. The minimum absolute atomic E-state index is 0.476. The maximum atomic E-state index is 6.08. The number of alkyl halides is 1. The molecule has 2 nitrogen and oxygen atoms in total. The van der Waals surface area contributed by atoms with Gasteiger partial charge in [-0.3, -0.25) is 0 Å². The van der Waals surface area contributed by atoms with E-state index >= 15 is 0 Å². The van der Waals surface area contributed by atoms with Crippen molar-refractivity contribution in [2.75, 3.05) is 6.61 Å². The Bertz CT molecular complexity index is 589. The van der Waals surface area contributed by atoms with Gasteiger partial charge in [0, 0.05) is 30.8 Å². The first-order valence-corrected chi connectivity index (χ1v) is 11.4. The van der Waals surface area contributed by atoms with Crippen LogP contribution in [0, 0.1) is 0 Å². The van der Waals surface area contributed by atoms with Gasteiger partial charge in [-0.1, -0.05) is 37.3 Å². The molecule has 1 heterocycles. The van der Waals surface area contributed by atoms with E-state index in [9.17, 15) is 0 Å². The van der Waals surface area contributed by atoms with Crippen LogP contribution in [-0.2, 0) is 17.3 Å². The second-order valence-electron chi connectivity index (χ2n) is 6.25. The van der Waals surface area contributed by atoms with Gasteiger partial charge in [0.25, 0.3) is 0 Å². The fraction of sp³-hybridized carbons (Fsp3) is 0.467. The molecule has 0 aliphatic rings. The molecule has 1 aromatic carbocycles. The summed E-state index contributed by atoms with van der Waals surface area (Å²) in [6.45, 7) is 8.40. The van der Waals surface area contributed by atoms with Crippen molar-refractivity contribution < 1.29 is 4.74 Å². The van der Waals surface area contributed by atoms with Crippen LogP contribution in [0.3, 0.4) is 0 Å². The van der Waals surface area contributed by atoms with Crippen LogP contribution < -0.4 is 0 Å². The number of benzene rings is 1. The molecule has 2 aromatic rings. The zero-order valence-electron chi connectivity index (χ0n) is 12.2. The minimum Gasteiger partial charge on any atom is -0.361 e. The predicted octanol–water partition coefficient (Wildman–Crippen LogP) is 5.35. The summed E-state index contributed by atoms with van der Waals surface area (Å²) < 4.78 is 7.95. The topological polar surface area (TPSA) is 14.2 Å². The SMILES string of the molecule is C[Si](C)(C)CCOCn1c(CCl)cc2ccc(Cl)cc21. The fourth-order valence-corrected chi connectivity index (χ4v) is 3.23. The molecule has 0 amide bonds. The van der Waals surface area contributed by atoms with Gasteiger partial charge in [0.15, 0.2) is 0 Å². The number of fused-ring (bicyclic) bond motifs is 1. The molecule has 0 saturated heterocycles. The Morgan fingerprint density at radius 3 is 2.60 bits per heavy atom. The molecule has 0 radical (unpaired) electrons. The highest BCUT2D eigenvalue weighted by Crippen LogP contribution is 2.24. The van der Waals surface area contributed by atoms with E-state index < -0.39 is 8.07 Å². The first-order valence-electron chi connectivity index (χ1n) is 6.82. The maximum absolute atomic E-state index is 6.08. The second-order valence-corrected chi connectivity index (χ2v) is 12.6. The van der Waals surface area contributed by atoms with Crippen molar-refractivity contribution >= 4 is 42.2 Å². The van der Waals surface area contributed by atoms with Gasteiger partial charge in [-0.25, -0.2) is 0 Å². The lowest BCUT2D eigenvalue weighted by molar-refractivity contribution is 0.0889. The summed E-state index contributed by atoms with van der Waals surface area (Å²) >= 11 is 12.1. The second kappa shape index (κ2) is 6.52. The van der Waals surface area contributed by atoms with Crippen molar-refractivity contribution in [1.29, 1.82) is 0 Å². The van der Waals surface area contributed by atoms with Crippen LogP contribution in [0.1, 0.15) is 5.69 Å². The average Bonchev–Trinajstić information content (AvgIpc) is 2.71. The van der Waals surface area contributed by atoms with Gasteiger partial charge in [-0.2, -0.15) is 0 Å². The lowest BCUT2D eigenvalue weighted by Gasteiger charge is -2.16. The van der Waals surface area contributed by atoms with Crippen LogP contribution in [-0.4, -0.2) is 19.2 Å². The van der Waals surface area contributed by atoms with Crippen molar-refractivity contribution in [2.45, 2.75) is 38.3 Å². The highest BCUT2D eigenvalue weighted by atomic mass is 35.5. The normalized spacial score (nSPS) is 12.2. The van der Waals surface area contributed by atoms with E-state index in [2.05, 4.69) is 30.3 Å². The number of hydrogen-bond donors (Lipinski definition) is 0. The van der Waals surface area contributed by atoms with Gasteiger partial charge in [-0.05, 0) is 24.2 Å². The molecule has 0 atom stereocenters. The number of aromatic nitrogens is 1. The van der Waals surface area contributed by atoms with E-state index in [-0.39, 0.29) is 0 Å². The summed E-state index contributed by atoms with van der Waals surface area (Å²) in [5.41, 5.74) is 2.15. The van der Waals surface area contributed by atoms with Gasteiger partial charge in [0.2, 0.25) is 0 Å². The molecule has 110 valence electrons. The third kappa shape index (κ3) is 4.01. The first kappa shape index (κ1) is 15.9. The lowest BCUT2D eigenvalue weighted by atomic mass is 10.2. The summed E-state index contributed by atoms with van der Waals surface area (Å²) in [6.07, 6.45) is 0. The molecule has 0 fully saturated rings. The van der Waals surface area contributed by atoms with Crippen LogP contribution >= 0.6 is 23.2 Å². The van der Waals surface area contributed by atoms with E-state index in [0.717, 1.165) is 28.2 Å². The van der Waals surface area contributed by atoms with Crippen LogP contribution in [0.15, 0.2) is 24.3 Å². The smallest absolute Gasteiger partial charge is 0.123 e. The summed E-state index contributed by atoms with van der Waals surface area (Å²) in [5, 5.41) is 1.89. The molecule has 0 unspecified atom stereocenters. The molecule has 5 heteroatoms. The number of nitrogens with zero attached hydrogens (tertiary/aromatic N) is 1. The third-order valence-corrected chi connectivity index (χ3v) is 5.52. The molecule has 0 spiro atoms. The monoisotopic (exact) mass is 329 g/mol. The molecular formula is C15H21Cl2NOSi. The highest BCUT2D eigenvalue weighted by Gasteiger charge is 2.13. The van der Waals surface area contributed by atoms with Crippen LogP contribution in [0.25, 0.3) is 10.9 Å². The van der Waals surface area contributed by atoms with Crippen molar-refractivity contribution in [3.8, 4) is 0 Å². The quantitative estimate of drug-likeness (QED) is 0.396. The Morgan fingerprint density at radius 1 is 1.20 bits per heavy atom. The molecule has 0 aliphatic carbocycles. The van der Waals surface area contributed by atoms with Gasteiger partial charge in [0.05, 0.1) is 11.4 Å². The van der Waals surface area contributed by atoms with Crippen molar-refractivity contribution in [3.63, 3.8) is 0 Å². The van der Waals surface area contributed by atoms with Crippen LogP contribution in [0.4, 0.5) is 0 Å². The summed E-state index contributed by atoms with van der Waals surface area (Å²) in [4.78, 5) is 0. The van der Waals surface area contributed by atoms with Gasteiger partial charge in [0.1, 0.15) is 6.73 Å². The molecule has 2 rings (SSSR count). The third-order valence-electron chi connectivity index (χ3n) is 3.31. The van der Waals surface area contributed by atoms with E-state index in [0.29, 0.717) is 12.6 Å². The standard InChI is InChI=1S/C15H21Cl2NOSi/c1-20(2,3)7-6-19-11-18-14(10-16)8-12-4-5-13(17)9-15(12)18/h4-5,8-9H,6-7,10-11H2,1-3H3. The maximum Gasteiger partial charge on any atom is 0.123 e. The average molecular weight is 330 g/mol. The van der Waals surface area contributed by atoms with E-state index in [1.165, 1.54) is 6.04 Å². The largest absolute Gasteiger partial charge is 0.361 e. The molecule has 0 bridgehead atoms. The van der Waals surface area contributed by atoms with Crippen LogP contribution in [0.5, 0.6) is 0 Å². The zero-order valence-corrected chi connectivity index (χ0v) is 14.8. The van der Waals surface area contributed by atoms with Gasteiger partial charge >= 0.3 is 0 Å². The Labute approximate surface area is 131 Å². The van der Waals surface area contributed by atoms with Gasteiger partial charge < -0.3 is 9.30 Å². The Morgan fingerprint density at radius 2 is 1.95 bits per heavy atom. The summed E-state index contributed by atoms with van der Waals surface area (Å²) in [5.74, 6) is 0.476. The molecule has 1 aromatic heterocycles. The van der Waals surface area contributed by atoms with E-state index in [1.807, 2.05) is 18.2 Å². The Hall–Kier alpha value is -0.483. The Kier molecular flexibility index (Phi) is 5.18. The number of halogens is 2. The highest BCUT2D eigenvalue weighted by molar-refractivity contribution is 6.76. The van der Waals surface area contributed by atoms with E-state index in [4.69, 9.17) is 27.9 Å². The van der Waals surface area contributed by atoms with Crippen molar-refractivity contribution in [2.24, 2.45) is 0 Å². The van der Waals surface area contributed by atoms with Gasteiger partial charge in [-0.15, -0.1) is 11.6 Å². The predicted molar refractivity (Wildman–Crippen MR) is 90.6 cm³/mol. The first-order chi connectivity index (χ1) is 9.40. The molecular weight excluding hydrogens is 309 g/mol. The summed E-state index contributed by atoms with van der Waals surface area (Å²) in [7, 11) is -1.05. The van der Waals surface area contributed by atoms with Crippen molar-refractivity contribution in [1.82, 2.24) is 4.57 Å². The van der Waals surface area contributed by atoms with Crippen molar-refractivity contribution in [3.05, 3.63) is 35.0 Å². The summed E-state index contributed by atoms with van der Waals surface area (Å²) in [6, 6.07) is 9.16. The number of rotatable bonds is 6. The van der Waals surface area contributed by atoms with E-state index in [1.54, 1.807) is 0 Å². The Balaban J connectivity index is 2.13. The zero-order chi connectivity index (χ0) is 14.8.